The van der Waals surface area contributed by atoms with E-state index in [0.717, 1.165) is 38.0 Å². The van der Waals surface area contributed by atoms with E-state index in [1.807, 2.05) is 13.1 Å². The van der Waals surface area contributed by atoms with Crippen LogP contribution in [0.3, 0.4) is 0 Å². The standard InChI is InChI=1S/C28H43N3O/c1-3-20-31(25-14-15-26-24(22-25)13-16-27(32)28(26)29-2)21-10-5-4-9-18-30-19-17-23-11-7-6-8-12-23/h6-8,11-13,16,25,29-30,32H,3-5,9-10,14-15,17-22H2,1-2H3/t25-/m0/s1. The van der Waals surface area contributed by atoms with E-state index in [2.05, 4.69) is 58.9 Å². The molecule has 0 radical (unpaired) electrons. The van der Waals surface area contributed by atoms with Crippen LogP contribution in [-0.4, -0.2) is 49.3 Å². The molecule has 0 unspecified atom stereocenters. The lowest BCUT2D eigenvalue weighted by atomic mass is 9.86. The number of phenols is 1. The summed E-state index contributed by atoms with van der Waals surface area (Å²) in [5.74, 6) is 0.379. The number of unbranched alkanes of at least 4 members (excludes halogenated alkanes) is 3. The van der Waals surface area contributed by atoms with E-state index in [9.17, 15) is 5.11 Å². The quantitative estimate of drug-likeness (QED) is 0.274. The molecule has 1 atom stereocenters. The van der Waals surface area contributed by atoms with Crippen LogP contribution in [0.4, 0.5) is 5.69 Å². The second-order valence-corrected chi connectivity index (χ2v) is 9.18. The Morgan fingerprint density at radius 3 is 2.56 bits per heavy atom. The maximum Gasteiger partial charge on any atom is 0.138 e. The zero-order valence-corrected chi connectivity index (χ0v) is 20.2. The Hall–Kier alpha value is -2.04. The molecule has 0 aliphatic heterocycles. The number of phenolic OH excluding ortho intramolecular Hbond substituents is 1. The Kier molecular flexibility index (Phi) is 10.4. The largest absolute Gasteiger partial charge is 0.506 e. The van der Waals surface area contributed by atoms with E-state index in [-0.39, 0.29) is 0 Å². The van der Waals surface area contributed by atoms with E-state index in [0.29, 0.717) is 11.8 Å². The second kappa shape index (κ2) is 13.5. The highest BCUT2D eigenvalue weighted by atomic mass is 16.3. The molecule has 3 N–H and O–H groups in total. The number of rotatable bonds is 14. The highest BCUT2D eigenvalue weighted by molar-refractivity contribution is 5.64. The van der Waals surface area contributed by atoms with Gasteiger partial charge in [-0.05, 0) is 93.9 Å². The molecule has 2 aromatic rings. The van der Waals surface area contributed by atoms with Gasteiger partial charge in [0.1, 0.15) is 5.75 Å². The van der Waals surface area contributed by atoms with Crippen LogP contribution in [0.25, 0.3) is 0 Å². The molecule has 4 nitrogen and oxygen atoms in total. The molecule has 2 aromatic carbocycles. The molecule has 0 aromatic heterocycles. The van der Waals surface area contributed by atoms with Gasteiger partial charge in [-0.3, -0.25) is 0 Å². The first-order valence-electron chi connectivity index (χ1n) is 12.7. The van der Waals surface area contributed by atoms with Crippen molar-refractivity contribution in [1.82, 2.24) is 10.2 Å². The van der Waals surface area contributed by atoms with E-state index in [1.165, 1.54) is 68.3 Å². The summed E-state index contributed by atoms with van der Waals surface area (Å²) in [5.41, 5.74) is 5.08. The minimum Gasteiger partial charge on any atom is -0.506 e. The lowest BCUT2D eigenvalue weighted by molar-refractivity contribution is 0.176. The molecule has 176 valence electrons. The molecule has 0 saturated heterocycles. The van der Waals surface area contributed by atoms with Crippen LogP contribution in [0, 0.1) is 0 Å². The molecule has 32 heavy (non-hydrogen) atoms. The van der Waals surface area contributed by atoms with Gasteiger partial charge in [0, 0.05) is 13.1 Å². The fourth-order valence-electron chi connectivity index (χ4n) is 5.10. The van der Waals surface area contributed by atoms with Crippen LogP contribution < -0.4 is 10.6 Å². The minimum atomic E-state index is 0.379. The Morgan fingerprint density at radius 1 is 0.969 bits per heavy atom. The summed E-state index contributed by atoms with van der Waals surface area (Å²) in [6, 6.07) is 15.4. The van der Waals surface area contributed by atoms with Gasteiger partial charge in [-0.2, -0.15) is 0 Å². The smallest absolute Gasteiger partial charge is 0.138 e. The fraction of sp³-hybridized carbons (Fsp3) is 0.571. The van der Waals surface area contributed by atoms with Crippen molar-refractivity contribution in [2.75, 3.05) is 38.5 Å². The zero-order valence-electron chi connectivity index (χ0n) is 20.2. The maximum atomic E-state index is 10.1. The van der Waals surface area contributed by atoms with Gasteiger partial charge in [-0.15, -0.1) is 0 Å². The lowest BCUT2D eigenvalue weighted by Crippen LogP contribution is -2.40. The topological polar surface area (TPSA) is 47.5 Å². The van der Waals surface area contributed by atoms with Gasteiger partial charge in [0.25, 0.3) is 0 Å². The number of hydrogen-bond acceptors (Lipinski definition) is 4. The molecular weight excluding hydrogens is 394 g/mol. The molecule has 4 heteroatoms. The molecule has 1 aliphatic carbocycles. The first kappa shape index (κ1) is 24.6. The van der Waals surface area contributed by atoms with Crippen LogP contribution in [0.2, 0.25) is 0 Å². The average Bonchev–Trinajstić information content (AvgIpc) is 2.82. The van der Waals surface area contributed by atoms with Crippen molar-refractivity contribution in [3.8, 4) is 5.75 Å². The Bertz CT molecular complexity index is 793. The highest BCUT2D eigenvalue weighted by Crippen LogP contribution is 2.35. The van der Waals surface area contributed by atoms with Gasteiger partial charge in [0.05, 0.1) is 5.69 Å². The van der Waals surface area contributed by atoms with E-state index in [4.69, 9.17) is 0 Å². The van der Waals surface area contributed by atoms with Crippen molar-refractivity contribution in [2.45, 2.75) is 70.8 Å². The van der Waals surface area contributed by atoms with Crippen LogP contribution in [0.1, 0.15) is 62.1 Å². The van der Waals surface area contributed by atoms with Crippen LogP contribution in [0.15, 0.2) is 42.5 Å². The lowest BCUT2D eigenvalue weighted by Gasteiger charge is -2.36. The third kappa shape index (κ3) is 7.25. The predicted molar refractivity (Wildman–Crippen MR) is 137 cm³/mol. The van der Waals surface area contributed by atoms with Gasteiger partial charge < -0.3 is 20.6 Å². The third-order valence-electron chi connectivity index (χ3n) is 6.83. The normalized spacial score (nSPS) is 15.7. The van der Waals surface area contributed by atoms with Crippen molar-refractivity contribution in [1.29, 1.82) is 0 Å². The van der Waals surface area contributed by atoms with E-state index < -0.39 is 0 Å². The van der Waals surface area contributed by atoms with Crippen molar-refractivity contribution >= 4 is 5.69 Å². The van der Waals surface area contributed by atoms with Crippen molar-refractivity contribution in [3.63, 3.8) is 0 Å². The number of nitrogens with one attached hydrogen (secondary N) is 2. The maximum absolute atomic E-state index is 10.1. The van der Waals surface area contributed by atoms with Gasteiger partial charge >= 0.3 is 0 Å². The predicted octanol–water partition coefficient (Wildman–Crippen LogP) is 5.40. The minimum absolute atomic E-state index is 0.379. The van der Waals surface area contributed by atoms with E-state index in [1.54, 1.807) is 0 Å². The van der Waals surface area contributed by atoms with Crippen LogP contribution in [0.5, 0.6) is 5.75 Å². The van der Waals surface area contributed by atoms with Crippen LogP contribution in [-0.2, 0) is 19.3 Å². The number of benzene rings is 2. The van der Waals surface area contributed by atoms with Gasteiger partial charge in [-0.25, -0.2) is 0 Å². The van der Waals surface area contributed by atoms with Crippen LogP contribution >= 0.6 is 0 Å². The van der Waals surface area contributed by atoms with E-state index >= 15 is 0 Å². The first-order chi connectivity index (χ1) is 15.7. The molecule has 0 amide bonds. The monoisotopic (exact) mass is 437 g/mol. The summed E-state index contributed by atoms with van der Waals surface area (Å²) in [6.45, 7) is 6.91. The molecule has 0 fully saturated rings. The average molecular weight is 438 g/mol. The summed E-state index contributed by atoms with van der Waals surface area (Å²) in [7, 11) is 1.91. The summed E-state index contributed by atoms with van der Waals surface area (Å²) >= 11 is 0. The SMILES string of the molecule is CCCN(CCCCCCNCCc1ccccc1)[C@H]1CCc2c(ccc(O)c2NC)C1. The molecule has 0 bridgehead atoms. The summed E-state index contributed by atoms with van der Waals surface area (Å²) in [6.07, 6.45) is 10.9. The fourth-order valence-corrected chi connectivity index (χ4v) is 5.10. The summed E-state index contributed by atoms with van der Waals surface area (Å²) in [5, 5.41) is 16.9. The number of hydrogen-bond donors (Lipinski definition) is 3. The highest BCUT2D eigenvalue weighted by Gasteiger charge is 2.26. The molecule has 0 heterocycles. The second-order valence-electron chi connectivity index (χ2n) is 9.18. The van der Waals surface area contributed by atoms with Gasteiger partial charge in [-0.1, -0.05) is 56.2 Å². The summed E-state index contributed by atoms with van der Waals surface area (Å²) in [4.78, 5) is 2.73. The van der Waals surface area contributed by atoms with Crippen molar-refractivity contribution in [2.24, 2.45) is 0 Å². The summed E-state index contributed by atoms with van der Waals surface area (Å²) < 4.78 is 0. The Labute approximate surface area is 195 Å². The molecule has 0 spiro atoms. The molecule has 3 rings (SSSR count). The third-order valence-corrected chi connectivity index (χ3v) is 6.83. The molecule has 0 saturated carbocycles. The van der Waals surface area contributed by atoms with Crippen molar-refractivity contribution in [3.05, 3.63) is 59.2 Å². The zero-order chi connectivity index (χ0) is 22.6. The Balaban J connectivity index is 1.33. The van der Waals surface area contributed by atoms with Gasteiger partial charge in [0.15, 0.2) is 0 Å². The molecule has 1 aliphatic rings. The number of aromatic hydroxyl groups is 1. The number of fused-ring (bicyclic) bond motifs is 1. The Morgan fingerprint density at radius 2 is 1.78 bits per heavy atom. The first-order valence-corrected chi connectivity index (χ1v) is 12.7. The number of anilines is 1. The van der Waals surface area contributed by atoms with Gasteiger partial charge in [0.2, 0.25) is 0 Å². The molecular formula is C28H43N3O. The number of nitrogens with zero attached hydrogens (tertiary/aromatic N) is 1. The van der Waals surface area contributed by atoms with Crippen molar-refractivity contribution < 1.29 is 5.11 Å².